The summed E-state index contributed by atoms with van der Waals surface area (Å²) >= 11 is 5.83. The molecule has 2 aromatic carbocycles. The van der Waals surface area contributed by atoms with Crippen molar-refractivity contribution in [1.29, 1.82) is 0 Å². The highest BCUT2D eigenvalue weighted by atomic mass is 35.5. The molecule has 0 saturated heterocycles. The maximum absolute atomic E-state index is 13.7. The van der Waals surface area contributed by atoms with Gasteiger partial charge in [0.05, 0.1) is 5.56 Å². The monoisotopic (exact) mass is 388 g/mol. The second-order valence-corrected chi connectivity index (χ2v) is 5.86. The molecule has 138 valence electrons. The molecule has 0 radical (unpaired) electrons. The SMILES string of the molecule is O=C(NCCNC(=O)c1nc(-c2ccccc2F)no1)c1cccc(Cl)c1. The van der Waals surface area contributed by atoms with Crippen LogP contribution >= 0.6 is 11.6 Å². The number of halogens is 2. The first kappa shape index (κ1) is 18.5. The van der Waals surface area contributed by atoms with Crippen LogP contribution in [0, 0.1) is 5.82 Å². The van der Waals surface area contributed by atoms with Crippen molar-refractivity contribution in [2.24, 2.45) is 0 Å². The summed E-state index contributed by atoms with van der Waals surface area (Å²) in [6.07, 6.45) is 0. The average molecular weight is 389 g/mol. The van der Waals surface area contributed by atoms with Gasteiger partial charge in [-0.3, -0.25) is 9.59 Å². The van der Waals surface area contributed by atoms with Crippen molar-refractivity contribution in [1.82, 2.24) is 20.8 Å². The van der Waals surface area contributed by atoms with Crippen molar-refractivity contribution >= 4 is 23.4 Å². The van der Waals surface area contributed by atoms with Crippen molar-refractivity contribution in [3.05, 3.63) is 70.8 Å². The number of nitrogens with zero attached hydrogens (tertiary/aromatic N) is 2. The Morgan fingerprint density at radius 3 is 2.52 bits per heavy atom. The molecule has 0 aliphatic carbocycles. The molecule has 0 atom stereocenters. The second-order valence-electron chi connectivity index (χ2n) is 5.43. The average Bonchev–Trinajstić information content (AvgIpc) is 3.15. The van der Waals surface area contributed by atoms with Gasteiger partial charge in [-0.1, -0.05) is 35.0 Å². The Morgan fingerprint density at radius 1 is 1.04 bits per heavy atom. The van der Waals surface area contributed by atoms with Gasteiger partial charge < -0.3 is 15.2 Å². The van der Waals surface area contributed by atoms with Crippen LogP contribution in [0.4, 0.5) is 4.39 Å². The number of carbonyl (C=O) groups excluding carboxylic acids is 2. The number of nitrogens with one attached hydrogen (secondary N) is 2. The number of carbonyl (C=O) groups is 2. The summed E-state index contributed by atoms with van der Waals surface area (Å²) < 4.78 is 18.6. The molecule has 1 heterocycles. The van der Waals surface area contributed by atoms with E-state index in [1.807, 2.05) is 0 Å². The molecule has 7 nitrogen and oxygen atoms in total. The smallest absolute Gasteiger partial charge is 0.316 e. The lowest BCUT2D eigenvalue weighted by Crippen LogP contribution is -2.34. The predicted molar refractivity (Wildman–Crippen MR) is 95.8 cm³/mol. The molecule has 27 heavy (non-hydrogen) atoms. The van der Waals surface area contributed by atoms with Crippen LogP contribution in [0.15, 0.2) is 53.1 Å². The maximum atomic E-state index is 13.7. The van der Waals surface area contributed by atoms with Gasteiger partial charge in [-0.25, -0.2) is 4.39 Å². The van der Waals surface area contributed by atoms with E-state index in [9.17, 15) is 14.0 Å². The molecule has 0 bridgehead atoms. The van der Waals surface area contributed by atoms with E-state index < -0.39 is 11.7 Å². The Hall–Kier alpha value is -3.26. The van der Waals surface area contributed by atoms with Crippen LogP contribution in [-0.4, -0.2) is 35.0 Å². The van der Waals surface area contributed by atoms with Crippen molar-refractivity contribution in [2.75, 3.05) is 13.1 Å². The summed E-state index contributed by atoms with van der Waals surface area (Å²) in [7, 11) is 0. The minimum absolute atomic E-state index is 0.0208. The molecule has 0 aliphatic rings. The highest BCUT2D eigenvalue weighted by molar-refractivity contribution is 6.30. The van der Waals surface area contributed by atoms with Crippen LogP contribution in [0.2, 0.25) is 5.02 Å². The van der Waals surface area contributed by atoms with E-state index in [1.54, 1.807) is 24.3 Å². The van der Waals surface area contributed by atoms with Gasteiger partial charge >= 0.3 is 11.8 Å². The number of aromatic nitrogens is 2. The Morgan fingerprint density at radius 2 is 1.78 bits per heavy atom. The molecule has 2 amide bonds. The molecular weight excluding hydrogens is 375 g/mol. The first-order chi connectivity index (χ1) is 13.0. The summed E-state index contributed by atoms with van der Waals surface area (Å²) in [6.45, 7) is 0.327. The molecule has 0 aliphatic heterocycles. The van der Waals surface area contributed by atoms with Crippen LogP contribution in [0.3, 0.4) is 0 Å². The molecular formula is C18H14ClFN4O3. The van der Waals surface area contributed by atoms with E-state index in [2.05, 4.69) is 20.8 Å². The number of hydrogen-bond acceptors (Lipinski definition) is 5. The van der Waals surface area contributed by atoms with E-state index >= 15 is 0 Å². The Labute approximate surface area is 158 Å². The highest BCUT2D eigenvalue weighted by Gasteiger charge is 2.17. The number of hydrogen-bond donors (Lipinski definition) is 2. The fraction of sp³-hybridized carbons (Fsp3) is 0.111. The highest BCUT2D eigenvalue weighted by Crippen LogP contribution is 2.19. The third-order valence-corrected chi connectivity index (χ3v) is 3.75. The van der Waals surface area contributed by atoms with Crippen molar-refractivity contribution < 1.29 is 18.5 Å². The zero-order chi connectivity index (χ0) is 19.2. The van der Waals surface area contributed by atoms with E-state index in [-0.39, 0.29) is 36.3 Å². The molecule has 2 N–H and O–H groups in total. The third kappa shape index (κ3) is 4.68. The first-order valence-electron chi connectivity index (χ1n) is 7.95. The van der Waals surface area contributed by atoms with Gasteiger partial charge in [-0.2, -0.15) is 4.98 Å². The summed E-state index contributed by atoms with van der Waals surface area (Å²) in [5.41, 5.74) is 0.550. The summed E-state index contributed by atoms with van der Waals surface area (Å²) in [5, 5.41) is 9.23. The zero-order valence-electron chi connectivity index (χ0n) is 13.9. The standard InChI is InChI=1S/C18H14ClFN4O3/c19-12-5-3-4-11(10-12)16(25)21-8-9-22-17(26)18-23-15(24-27-18)13-6-1-2-7-14(13)20/h1-7,10H,8-9H2,(H,21,25)(H,22,26). The summed E-state index contributed by atoms with van der Waals surface area (Å²) in [6, 6.07) is 12.4. The topological polar surface area (TPSA) is 97.1 Å². The number of rotatable bonds is 6. The van der Waals surface area contributed by atoms with Gasteiger partial charge in [0.25, 0.3) is 5.91 Å². The Kier molecular flexibility index (Phi) is 5.77. The molecule has 1 aromatic heterocycles. The lowest BCUT2D eigenvalue weighted by Gasteiger charge is -2.06. The summed E-state index contributed by atoms with van der Waals surface area (Å²) in [5.74, 6) is -1.77. The maximum Gasteiger partial charge on any atom is 0.316 e. The quantitative estimate of drug-likeness (QED) is 0.633. The van der Waals surface area contributed by atoms with Gasteiger partial charge in [0.1, 0.15) is 5.82 Å². The van der Waals surface area contributed by atoms with Crippen LogP contribution in [-0.2, 0) is 0 Å². The van der Waals surface area contributed by atoms with Crippen molar-refractivity contribution in [3.63, 3.8) is 0 Å². The zero-order valence-corrected chi connectivity index (χ0v) is 14.7. The molecule has 3 aromatic rings. The Bertz CT molecular complexity index is 977. The molecule has 0 unspecified atom stereocenters. The van der Waals surface area contributed by atoms with Crippen LogP contribution in [0.5, 0.6) is 0 Å². The molecule has 3 rings (SSSR count). The van der Waals surface area contributed by atoms with Crippen LogP contribution in [0.1, 0.15) is 21.0 Å². The van der Waals surface area contributed by atoms with Crippen LogP contribution < -0.4 is 10.6 Å². The lowest BCUT2D eigenvalue weighted by molar-refractivity contribution is 0.0898. The van der Waals surface area contributed by atoms with Gasteiger partial charge in [0.15, 0.2) is 0 Å². The van der Waals surface area contributed by atoms with Crippen LogP contribution in [0.25, 0.3) is 11.4 Å². The second kappa shape index (κ2) is 8.41. The molecule has 0 fully saturated rings. The first-order valence-corrected chi connectivity index (χ1v) is 8.33. The number of benzene rings is 2. The molecule has 9 heteroatoms. The van der Waals surface area contributed by atoms with E-state index in [4.69, 9.17) is 16.1 Å². The fourth-order valence-corrected chi connectivity index (χ4v) is 2.42. The van der Waals surface area contributed by atoms with Gasteiger partial charge in [0, 0.05) is 23.7 Å². The minimum Gasteiger partial charge on any atom is -0.350 e. The molecule has 0 spiro atoms. The van der Waals surface area contributed by atoms with Gasteiger partial charge in [-0.05, 0) is 30.3 Å². The lowest BCUT2D eigenvalue weighted by atomic mass is 10.2. The summed E-state index contributed by atoms with van der Waals surface area (Å²) in [4.78, 5) is 27.8. The van der Waals surface area contributed by atoms with E-state index in [1.165, 1.54) is 24.3 Å². The van der Waals surface area contributed by atoms with Crippen molar-refractivity contribution in [3.8, 4) is 11.4 Å². The van der Waals surface area contributed by atoms with E-state index in [0.29, 0.717) is 10.6 Å². The fourth-order valence-electron chi connectivity index (χ4n) is 2.23. The van der Waals surface area contributed by atoms with Gasteiger partial charge in [0.2, 0.25) is 5.82 Å². The third-order valence-electron chi connectivity index (χ3n) is 3.52. The van der Waals surface area contributed by atoms with Gasteiger partial charge in [-0.15, -0.1) is 0 Å². The normalized spacial score (nSPS) is 10.4. The Balaban J connectivity index is 1.50. The predicted octanol–water partition coefficient (Wildman–Crippen LogP) is 2.69. The molecule has 0 saturated carbocycles. The number of amides is 2. The van der Waals surface area contributed by atoms with Crippen molar-refractivity contribution in [2.45, 2.75) is 0 Å². The van der Waals surface area contributed by atoms with E-state index in [0.717, 1.165) is 0 Å². The minimum atomic E-state index is -0.623. The largest absolute Gasteiger partial charge is 0.350 e.